The first-order valence-electron chi connectivity index (χ1n) is 11.3. The van der Waals surface area contributed by atoms with Crippen LogP contribution in [0.15, 0.2) is 33.7 Å². The smallest absolute Gasteiger partial charge is 0.241 e. The lowest BCUT2D eigenvalue weighted by molar-refractivity contribution is -0.121. The van der Waals surface area contributed by atoms with E-state index in [1.165, 1.54) is 12.1 Å². The van der Waals surface area contributed by atoms with E-state index in [-0.39, 0.29) is 28.8 Å². The van der Waals surface area contributed by atoms with Gasteiger partial charge in [0.2, 0.25) is 21.8 Å². The number of nitrogens with zero attached hydrogens (tertiary/aromatic N) is 4. The largest absolute Gasteiger partial charge is 0.338 e. The van der Waals surface area contributed by atoms with Crippen LogP contribution in [0, 0.1) is 0 Å². The van der Waals surface area contributed by atoms with Gasteiger partial charge in [-0.05, 0) is 45.0 Å². The molecule has 10 nitrogen and oxygen atoms in total. The predicted molar refractivity (Wildman–Crippen MR) is 125 cm³/mol. The molecule has 1 unspecified atom stereocenters. The topological polar surface area (TPSA) is 121 Å². The zero-order valence-electron chi connectivity index (χ0n) is 19.9. The Morgan fingerprint density at radius 3 is 2.24 bits per heavy atom. The molecule has 182 valence electrons. The van der Waals surface area contributed by atoms with E-state index in [4.69, 9.17) is 4.52 Å². The Bertz CT molecular complexity index is 1030. The molecule has 2 aromatic rings. The van der Waals surface area contributed by atoms with Crippen LogP contribution in [0.2, 0.25) is 0 Å². The average Bonchev–Trinajstić information content (AvgIpc) is 3.22. The molecule has 3 rings (SSSR count). The monoisotopic (exact) mass is 478 g/mol. The molecule has 1 aromatic heterocycles. The third kappa shape index (κ3) is 6.83. The maximum absolute atomic E-state index is 12.7. The summed E-state index contributed by atoms with van der Waals surface area (Å²) in [5, 5.41) is 6.89. The van der Waals surface area contributed by atoms with Crippen LogP contribution in [0.5, 0.6) is 0 Å². The molecule has 1 amide bonds. The van der Waals surface area contributed by atoms with Gasteiger partial charge in [0.25, 0.3) is 0 Å². The standard InChI is InChI=1S/C22H34N6O4S/c1-15(2)21-24-20(32-25-21)14-27-10-12-28(13-11-27)17(5)22(29)23-18-6-8-19(9-7-18)33(30,31)26-16(3)4/h6-9,15-17,26H,10-14H2,1-5H3,(H,23,29). The van der Waals surface area contributed by atoms with Crippen LogP contribution < -0.4 is 10.0 Å². The van der Waals surface area contributed by atoms with E-state index >= 15 is 0 Å². The lowest BCUT2D eigenvalue weighted by Crippen LogP contribution is -2.52. The number of carbonyl (C=O) groups is 1. The fourth-order valence-electron chi connectivity index (χ4n) is 3.58. The first-order chi connectivity index (χ1) is 15.5. The number of hydrogen-bond donors (Lipinski definition) is 2. The first-order valence-corrected chi connectivity index (χ1v) is 12.8. The molecular weight excluding hydrogens is 444 g/mol. The van der Waals surface area contributed by atoms with Crippen LogP contribution in [0.3, 0.4) is 0 Å². The molecule has 11 heteroatoms. The molecule has 2 heterocycles. The Hall–Kier alpha value is -2.34. The fourth-order valence-corrected chi connectivity index (χ4v) is 4.83. The summed E-state index contributed by atoms with van der Waals surface area (Å²) in [4.78, 5) is 21.7. The van der Waals surface area contributed by atoms with Crippen molar-refractivity contribution in [1.82, 2.24) is 24.7 Å². The van der Waals surface area contributed by atoms with E-state index < -0.39 is 10.0 Å². The second-order valence-corrected chi connectivity index (χ2v) is 10.7. The molecule has 33 heavy (non-hydrogen) atoms. The van der Waals surface area contributed by atoms with Gasteiger partial charge in [0.15, 0.2) is 5.82 Å². The summed E-state index contributed by atoms with van der Waals surface area (Å²) in [5.74, 6) is 1.44. The van der Waals surface area contributed by atoms with Gasteiger partial charge in [0.1, 0.15) is 0 Å². The van der Waals surface area contributed by atoms with Gasteiger partial charge in [-0.15, -0.1) is 0 Å². The van der Waals surface area contributed by atoms with Crippen molar-refractivity contribution in [2.24, 2.45) is 0 Å². The molecule has 1 atom stereocenters. The Morgan fingerprint density at radius 2 is 1.70 bits per heavy atom. The van der Waals surface area contributed by atoms with Crippen molar-refractivity contribution >= 4 is 21.6 Å². The van der Waals surface area contributed by atoms with Gasteiger partial charge in [0, 0.05) is 43.8 Å². The maximum Gasteiger partial charge on any atom is 0.241 e. The minimum atomic E-state index is -3.56. The molecule has 1 fully saturated rings. The molecule has 1 saturated heterocycles. The van der Waals surface area contributed by atoms with Crippen molar-refractivity contribution in [2.45, 2.75) is 64.1 Å². The van der Waals surface area contributed by atoms with Gasteiger partial charge < -0.3 is 9.84 Å². The van der Waals surface area contributed by atoms with Crippen LogP contribution in [-0.2, 0) is 21.4 Å². The van der Waals surface area contributed by atoms with Crippen molar-refractivity contribution in [3.63, 3.8) is 0 Å². The number of hydrogen-bond acceptors (Lipinski definition) is 8. The third-order valence-corrected chi connectivity index (χ3v) is 7.19. The van der Waals surface area contributed by atoms with Gasteiger partial charge in [-0.25, -0.2) is 13.1 Å². The molecule has 2 N–H and O–H groups in total. The number of nitrogens with one attached hydrogen (secondary N) is 2. The highest BCUT2D eigenvalue weighted by Gasteiger charge is 2.26. The highest BCUT2D eigenvalue weighted by molar-refractivity contribution is 7.89. The molecule has 0 radical (unpaired) electrons. The second kappa shape index (κ2) is 10.7. The van der Waals surface area contributed by atoms with Gasteiger partial charge in [-0.1, -0.05) is 19.0 Å². The summed E-state index contributed by atoms with van der Waals surface area (Å²) in [5.41, 5.74) is 0.561. The Morgan fingerprint density at radius 1 is 1.06 bits per heavy atom. The molecular formula is C22H34N6O4S. The van der Waals surface area contributed by atoms with Crippen molar-refractivity contribution in [3.8, 4) is 0 Å². The van der Waals surface area contributed by atoms with E-state index in [2.05, 4.69) is 30.0 Å². The predicted octanol–water partition coefficient (Wildman–Crippen LogP) is 2.02. The van der Waals surface area contributed by atoms with E-state index in [0.717, 1.165) is 32.0 Å². The van der Waals surface area contributed by atoms with Crippen molar-refractivity contribution in [1.29, 1.82) is 0 Å². The van der Waals surface area contributed by atoms with E-state index in [1.54, 1.807) is 26.0 Å². The van der Waals surface area contributed by atoms with E-state index in [1.807, 2.05) is 20.8 Å². The molecule has 1 aliphatic rings. The van der Waals surface area contributed by atoms with E-state index in [0.29, 0.717) is 18.1 Å². The average molecular weight is 479 g/mol. The Kier molecular flexibility index (Phi) is 8.22. The minimum absolute atomic E-state index is 0.127. The highest BCUT2D eigenvalue weighted by atomic mass is 32.2. The maximum atomic E-state index is 12.7. The number of piperazine rings is 1. The normalized spacial score (nSPS) is 16.9. The summed E-state index contributed by atoms with van der Waals surface area (Å²) < 4.78 is 32.4. The summed E-state index contributed by atoms with van der Waals surface area (Å²) in [6.45, 7) is 13.2. The van der Waals surface area contributed by atoms with Crippen molar-refractivity contribution < 1.29 is 17.7 Å². The van der Waals surface area contributed by atoms with Crippen LogP contribution >= 0.6 is 0 Å². The van der Waals surface area contributed by atoms with Gasteiger partial charge in [-0.2, -0.15) is 4.98 Å². The molecule has 0 spiro atoms. The Balaban J connectivity index is 1.49. The first kappa shape index (κ1) is 25.3. The fraction of sp³-hybridized carbons (Fsp3) is 0.591. The quantitative estimate of drug-likeness (QED) is 0.562. The van der Waals surface area contributed by atoms with E-state index in [9.17, 15) is 13.2 Å². The number of carbonyl (C=O) groups excluding carboxylic acids is 1. The lowest BCUT2D eigenvalue weighted by atomic mass is 10.2. The molecule has 1 aromatic carbocycles. The number of sulfonamides is 1. The summed E-state index contributed by atoms with van der Waals surface area (Å²) in [6.07, 6.45) is 0. The Labute approximate surface area is 195 Å². The van der Waals surface area contributed by atoms with Crippen molar-refractivity contribution in [3.05, 3.63) is 36.0 Å². The second-order valence-electron chi connectivity index (χ2n) is 8.98. The zero-order chi connectivity index (χ0) is 24.2. The van der Waals surface area contributed by atoms with Crippen LogP contribution in [-0.4, -0.2) is 72.5 Å². The SMILES string of the molecule is CC(C)NS(=O)(=O)c1ccc(NC(=O)C(C)N2CCN(Cc3nc(C(C)C)no3)CC2)cc1. The number of rotatable bonds is 9. The summed E-state index contributed by atoms with van der Waals surface area (Å²) in [6, 6.07) is 5.69. The van der Waals surface area contributed by atoms with Gasteiger partial charge >= 0.3 is 0 Å². The summed E-state index contributed by atoms with van der Waals surface area (Å²) >= 11 is 0. The number of anilines is 1. The third-order valence-electron chi connectivity index (χ3n) is 5.52. The zero-order valence-corrected chi connectivity index (χ0v) is 20.7. The highest BCUT2D eigenvalue weighted by Crippen LogP contribution is 2.17. The molecule has 1 aliphatic heterocycles. The van der Waals surface area contributed by atoms with Crippen LogP contribution in [0.25, 0.3) is 0 Å². The number of benzene rings is 1. The van der Waals surface area contributed by atoms with Crippen LogP contribution in [0.1, 0.15) is 52.3 Å². The summed E-state index contributed by atoms with van der Waals surface area (Å²) in [7, 11) is -3.56. The molecule has 0 saturated carbocycles. The van der Waals surface area contributed by atoms with Crippen LogP contribution in [0.4, 0.5) is 5.69 Å². The van der Waals surface area contributed by atoms with Gasteiger partial charge in [0.05, 0.1) is 17.5 Å². The molecule has 0 aliphatic carbocycles. The lowest BCUT2D eigenvalue weighted by Gasteiger charge is -2.36. The number of amides is 1. The minimum Gasteiger partial charge on any atom is -0.338 e. The van der Waals surface area contributed by atoms with Crippen molar-refractivity contribution in [2.75, 3.05) is 31.5 Å². The molecule has 0 bridgehead atoms. The van der Waals surface area contributed by atoms with Gasteiger partial charge in [-0.3, -0.25) is 14.6 Å². The number of aromatic nitrogens is 2.